The normalized spacial score (nSPS) is 20.0. The fraction of sp³-hybridized carbons (Fsp3) is 0.400. The van der Waals surface area contributed by atoms with Gasteiger partial charge in [-0.25, -0.2) is 0 Å². The summed E-state index contributed by atoms with van der Waals surface area (Å²) in [7, 11) is 0. The standard InChI is InChI=1S/C20H22ClNO2S/c21-18-4-2-1-3-17(18)15-7-8-22(14-15)9-12-25-16-5-6-19-20(13-16)24-11-10-23-19/h1-6,13,15H,7-12,14H2. The zero-order valence-corrected chi connectivity index (χ0v) is 15.7. The number of ether oxygens (including phenoxy) is 2. The van der Waals surface area contributed by atoms with Crippen LogP contribution in [0.15, 0.2) is 47.4 Å². The summed E-state index contributed by atoms with van der Waals surface area (Å²) in [6.07, 6.45) is 1.19. The number of hydrogen-bond donors (Lipinski definition) is 0. The highest BCUT2D eigenvalue weighted by molar-refractivity contribution is 7.99. The van der Waals surface area contributed by atoms with Crippen molar-refractivity contribution in [2.24, 2.45) is 0 Å². The van der Waals surface area contributed by atoms with Crippen LogP contribution in [0.4, 0.5) is 0 Å². The number of rotatable bonds is 5. The first-order valence-corrected chi connectivity index (χ1v) is 10.2. The molecule has 0 aliphatic carbocycles. The third kappa shape index (κ3) is 4.08. The first-order valence-electron chi connectivity index (χ1n) is 8.79. The van der Waals surface area contributed by atoms with Crippen LogP contribution in [0.25, 0.3) is 0 Å². The maximum Gasteiger partial charge on any atom is 0.162 e. The lowest BCUT2D eigenvalue weighted by molar-refractivity contribution is 0.171. The minimum Gasteiger partial charge on any atom is -0.486 e. The van der Waals surface area contributed by atoms with Crippen molar-refractivity contribution in [3.63, 3.8) is 0 Å². The Morgan fingerprint density at radius 3 is 2.80 bits per heavy atom. The van der Waals surface area contributed by atoms with Crippen LogP contribution in [0.5, 0.6) is 11.5 Å². The summed E-state index contributed by atoms with van der Waals surface area (Å²) >= 11 is 8.23. The van der Waals surface area contributed by atoms with Gasteiger partial charge in [0.25, 0.3) is 0 Å². The molecule has 1 atom stereocenters. The van der Waals surface area contributed by atoms with Crippen molar-refractivity contribution in [2.45, 2.75) is 17.2 Å². The minimum absolute atomic E-state index is 0.563. The van der Waals surface area contributed by atoms with E-state index in [-0.39, 0.29) is 0 Å². The van der Waals surface area contributed by atoms with E-state index in [0.717, 1.165) is 41.9 Å². The topological polar surface area (TPSA) is 21.7 Å². The van der Waals surface area contributed by atoms with E-state index in [1.165, 1.54) is 16.9 Å². The lowest BCUT2D eigenvalue weighted by atomic mass is 9.98. The van der Waals surface area contributed by atoms with Crippen LogP contribution in [0.3, 0.4) is 0 Å². The number of fused-ring (bicyclic) bond motifs is 1. The van der Waals surface area contributed by atoms with Crippen molar-refractivity contribution >= 4 is 23.4 Å². The van der Waals surface area contributed by atoms with Gasteiger partial charge >= 0.3 is 0 Å². The number of benzene rings is 2. The first kappa shape index (κ1) is 17.1. The maximum absolute atomic E-state index is 6.35. The Labute approximate surface area is 158 Å². The van der Waals surface area contributed by atoms with Gasteiger partial charge in [-0.2, -0.15) is 0 Å². The van der Waals surface area contributed by atoms with Gasteiger partial charge in [0.15, 0.2) is 11.5 Å². The summed E-state index contributed by atoms with van der Waals surface area (Å²) in [6.45, 7) is 4.63. The number of likely N-dealkylation sites (tertiary alicyclic amines) is 1. The highest BCUT2D eigenvalue weighted by Crippen LogP contribution is 2.35. The smallest absolute Gasteiger partial charge is 0.162 e. The van der Waals surface area contributed by atoms with Crippen molar-refractivity contribution in [1.29, 1.82) is 0 Å². The summed E-state index contributed by atoms with van der Waals surface area (Å²) < 4.78 is 11.2. The highest BCUT2D eigenvalue weighted by Gasteiger charge is 2.24. The monoisotopic (exact) mass is 375 g/mol. The fourth-order valence-corrected chi connectivity index (χ4v) is 4.73. The van der Waals surface area contributed by atoms with Crippen LogP contribution in [-0.4, -0.2) is 43.5 Å². The third-order valence-electron chi connectivity index (χ3n) is 4.81. The molecule has 0 saturated carbocycles. The van der Waals surface area contributed by atoms with Gasteiger partial charge in [-0.1, -0.05) is 29.8 Å². The molecule has 0 amide bonds. The van der Waals surface area contributed by atoms with Crippen LogP contribution in [-0.2, 0) is 0 Å². The Morgan fingerprint density at radius 2 is 1.92 bits per heavy atom. The second kappa shape index (κ2) is 7.90. The van der Waals surface area contributed by atoms with E-state index in [9.17, 15) is 0 Å². The zero-order chi connectivity index (χ0) is 17.1. The number of nitrogens with zero attached hydrogens (tertiary/aromatic N) is 1. The van der Waals surface area contributed by atoms with Gasteiger partial charge in [0.05, 0.1) is 0 Å². The average Bonchev–Trinajstić information content (AvgIpc) is 3.11. The van der Waals surface area contributed by atoms with E-state index in [4.69, 9.17) is 21.1 Å². The Balaban J connectivity index is 1.28. The minimum atomic E-state index is 0.563. The molecular formula is C20H22ClNO2S. The van der Waals surface area contributed by atoms with Gasteiger partial charge in [0.1, 0.15) is 13.2 Å². The largest absolute Gasteiger partial charge is 0.486 e. The highest BCUT2D eigenvalue weighted by atomic mass is 35.5. The second-order valence-corrected chi connectivity index (χ2v) is 8.04. The van der Waals surface area contributed by atoms with E-state index >= 15 is 0 Å². The molecule has 2 aromatic carbocycles. The van der Waals surface area contributed by atoms with Crippen LogP contribution in [0, 0.1) is 0 Å². The molecule has 2 aliphatic rings. The molecule has 2 aliphatic heterocycles. The van der Waals surface area contributed by atoms with Crippen LogP contribution in [0.2, 0.25) is 5.02 Å². The van der Waals surface area contributed by atoms with Crippen molar-refractivity contribution in [1.82, 2.24) is 4.90 Å². The first-order chi connectivity index (χ1) is 12.3. The number of thioether (sulfide) groups is 1. The maximum atomic E-state index is 6.35. The Morgan fingerprint density at radius 1 is 1.08 bits per heavy atom. The molecule has 0 bridgehead atoms. The lowest BCUT2D eigenvalue weighted by Crippen LogP contribution is -2.23. The molecule has 0 aromatic heterocycles. The van der Waals surface area contributed by atoms with Crippen LogP contribution >= 0.6 is 23.4 Å². The summed E-state index contributed by atoms with van der Waals surface area (Å²) in [5.74, 6) is 3.37. The zero-order valence-electron chi connectivity index (χ0n) is 14.1. The number of halogens is 1. The lowest BCUT2D eigenvalue weighted by Gasteiger charge is -2.19. The van der Waals surface area contributed by atoms with E-state index in [1.807, 2.05) is 30.0 Å². The molecule has 2 heterocycles. The van der Waals surface area contributed by atoms with Gasteiger partial charge in [-0.15, -0.1) is 11.8 Å². The van der Waals surface area contributed by atoms with Gasteiger partial charge in [0.2, 0.25) is 0 Å². The summed E-state index contributed by atoms with van der Waals surface area (Å²) in [5, 5.41) is 0.903. The van der Waals surface area contributed by atoms with E-state index in [0.29, 0.717) is 19.1 Å². The molecule has 3 nitrogen and oxygen atoms in total. The van der Waals surface area contributed by atoms with E-state index in [1.54, 1.807) is 0 Å². The predicted molar refractivity (Wildman–Crippen MR) is 103 cm³/mol. The van der Waals surface area contributed by atoms with E-state index in [2.05, 4.69) is 29.2 Å². The molecule has 5 heteroatoms. The van der Waals surface area contributed by atoms with Gasteiger partial charge in [0, 0.05) is 28.8 Å². The molecule has 0 spiro atoms. The average molecular weight is 376 g/mol. The predicted octanol–water partition coefficient (Wildman–Crippen LogP) is 4.69. The van der Waals surface area contributed by atoms with Crippen LogP contribution < -0.4 is 9.47 Å². The third-order valence-corrected chi connectivity index (χ3v) is 6.13. The fourth-order valence-electron chi connectivity index (χ4n) is 3.50. The van der Waals surface area contributed by atoms with Gasteiger partial charge in [-0.3, -0.25) is 0 Å². The Kier molecular flexibility index (Phi) is 5.39. The van der Waals surface area contributed by atoms with Crippen molar-refractivity contribution in [3.05, 3.63) is 53.1 Å². The second-order valence-electron chi connectivity index (χ2n) is 6.46. The molecule has 1 unspecified atom stereocenters. The molecular weight excluding hydrogens is 354 g/mol. The van der Waals surface area contributed by atoms with Gasteiger partial charge < -0.3 is 14.4 Å². The summed E-state index contributed by atoms with van der Waals surface area (Å²) in [4.78, 5) is 3.78. The SMILES string of the molecule is Clc1ccccc1C1CCN(CCSc2ccc3c(c2)OCCO3)C1. The Bertz CT molecular complexity index is 739. The Hall–Kier alpha value is -1.36. The molecule has 0 N–H and O–H groups in total. The summed E-state index contributed by atoms with van der Waals surface area (Å²) in [6, 6.07) is 14.5. The molecule has 25 heavy (non-hydrogen) atoms. The number of hydrogen-bond acceptors (Lipinski definition) is 4. The van der Waals surface area contributed by atoms with Crippen molar-refractivity contribution < 1.29 is 9.47 Å². The molecule has 2 aromatic rings. The summed E-state index contributed by atoms with van der Waals surface area (Å²) in [5.41, 5.74) is 1.30. The molecule has 132 valence electrons. The van der Waals surface area contributed by atoms with Crippen LogP contribution in [0.1, 0.15) is 17.9 Å². The quantitative estimate of drug-likeness (QED) is 0.706. The molecule has 0 radical (unpaired) electrons. The van der Waals surface area contributed by atoms with Crippen molar-refractivity contribution in [2.75, 3.05) is 38.6 Å². The van der Waals surface area contributed by atoms with Gasteiger partial charge in [-0.05, 0) is 48.7 Å². The molecule has 1 saturated heterocycles. The molecule has 4 rings (SSSR count). The molecule has 1 fully saturated rings. The van der Waals surface area contributed by atoms with Crippen molar-refractivity contribution in [3.8, 4) is 11.5 Å². The van der Waals surface area contributed by atoms with E-state index < -0.39 is 0 Å².